The van der Waals surface area contributed by atoms with Crippen LogP contribution in [0.15, 0.2) is 68.6 Å². The molecule has 0 N–H and O–H groups in total. The highest BCUT2D eigenvalue weighted by atomic mass is 19.4. The van der Waals surface area contributed by atoms with E-state index in [4.69, 9.17) is 4.42 Å². The average Bonchev–Trinajstić information content (AvgIpc) is 2.69. The van der Waals surface area contributed by atoms with Crippen molar-refractivity contribution in [2.45, 2.75) is 6.18 Å². The van der Waals surface area contributed by atoms with Gasteiger partial charge in [-0.25, -0.2) is 0 Å². The number of rotatable bonds is 1. The van der Waals surface area contributed by atoms with E-state index in [0.717, 1.165) is 18.2 Å². The Morgan fingerprint density at radius 2 is 1.48 bits per heavy atom. The minimum absolute atomic E-state index is 0.0412. The van der Waals surface area contributed by atoms with E-state index in [0.29, 0.717) is 0 Å². The normalized spacial score (nSPS) is 11.6. The van der Waals surface area contributed by atoms with Crippen LogP contribution in [0.2, 0.25) is 0 Å². The average molecular weight is 318 g/mol. The molecule has 3 aromatic rings. The van der Waals surface area contributed by atoms with Crippen LogP contribution < -0.4 is 10.9 Å². The van der Waals surface area contributed by atoms with Gasteiger partial charge in [0.1, 0.15) is 5.76 Å². The van der Waals surface area contributed by atoms with Crippen molar-refractivity contribution in [3.63, 3.8) is 0 Å². The second-order valence-electron chi connectivity index (χ2n) is 4.88. The van der Waals surface area contributed by atoms with Gasteiger partial charge in [0.05, 0.1) is 10.9 Å². The van der Waals surface area contributed by atoms with Gasteiger partial charge in [-0.1, -0.05) is 24.3 Å². The molecule has 0 radical (unpaired) electrons. The van der Waals surface area contributed by atoms with Crippen molar-refractivity contribution in [2.24, 2.45) is 0 Å². The van der Waals surface area contributed by atoms with Gasteiger partial charge in [-0.05, 0) is 24.3 Å². The van der Waals surface area contributed by atoms with Gasteiger partial charge in [-0.15, -0.1) is 0 Å². The van der Waals surface area contributed by atoms with E-state index in [1.165, 1.54) is 30.3 Å². The lowest BCUT2D eigenvalue weighted by Crippen LogP contribution is -2.06. The number of fused-ring (bicyclic) bond motifs is 1. The summed E-state index contributed by atoms with van der Waals surface area (Å²) in [5, 5.41) is 0.121. The highest BCUT2D eigenvalue weighted by Crippen LogP contribution is 2.31. The third-order valence-electron chi connectivity index (χ3n) is 3.33. The molecule has 6 heteroatoms. The Kier molecular flexibility index (Phi) is 3.52. The number of hydrogen-bond donors (Lipinski definition) is 0. The highest BCUT2D eigenvalue weighted by Gasteiger charge is 2.30. The molecule has 0 aliphatic heterocycles. The Balaban J connectivity index is 2.20. The molecule has 23 heavy (non-hydrogen) atoms. The van der Waals surface area contributed by atoms with Crippen molar-refractivity contribution in [1.82, 2.24) is 0 Å². The zero-order chi connectivity index (χ0) is 16.6. The zero-order valence-electron chi connectivity index (χ0n) is 11.6. The van der Waals surface area contributed by atoms with Crippen molar-refractivity contribution in [1.29, 1.82) is 0 Å². The number of halogens is 3. The molecule has 0 spiro atoms. The molecule has 0 fully saturated rings. The molecule has 1 aromatic heterocycles. The maximum Gasteiger partial charge on any atom is 0.416 e. The van der Waals surface area contributed by atoms with Crippen molar-refractivity contribution in [3.8, 4) is 11.3 Å². The smallest absolute Gasteiger partial charge is 0.416 e. The van der Waals surface area contributed by atoms with Crippen LogP contribution in [0.3, 0.4) is 0 Å². The largest absolute Gasteiger partial charge is 0.452 e. The van der Waals surface area contributed by atoms with E-state index in [-0.39, 0.29) is 22.3 Å². The molecule has 3 nitrogen and oxygen atoms in total. The predicted molar refractivity (Wildman–Crippen MR) is 79.2 cm³/mol. The fraction of sp³-hybridized carbons (Fsp3) is 0.0588. The highest BCUT2D eigenvalue weighted by molar-refractivity contribution is 5.77. The van der Waals surface area contributed by atoms with Crippen LogP contribution in [-0.4, -0.2) is 0 Å². The van der Waals surface area contributed by atoms with Crippen LogP contribution in [0.4, 0.5) is 13.2 Å². The predicted octanol–water partition coefficient (Wildman–Crippen LogP) is 3.84. The molecule has 0 saturated carbocycles. The van der Waals surface area contributed by atoms with Crippen LogP contribution in [0, 0.1) is 0 Å². The van der Waals surface area contributed by atoms with Crippen molar-refractivity contribution >= 4 is 11.0 Å². The number of benzene rings is 1. The monoisotopic (exact) mass is 318 g/mol. The second-order valence-corrected chi connectivity index (χ2v) is 4.88. The van der Waals surface area contributed by atoms with Gasteiger partial charge in [-0.3, -0.25) is 9.59 Å². The van der Waals surface area contributed by atoms with Crippen LogP contribution in [0.25, 0.3) is 22.3 Å². The first-order valence-corrected chi connectivity index (χ1v) is 6.61. The molecule has 1 heterocycles. The third-order valence-corrected chi connectivity index (χ3v) is 3.33. The summed E-state index contributed by atoms with van der Waals surface area (Å²) < 4.78 is 43.2. The SMILES string of the molecule is O=c1cc(-c2ccc(C(F)(F)F)cc2)oc2c(=O)ccccc12. The van der Waals surface area contributed by atoms with Gasteiger partial charge < -0.3 is 4.42 Å². The van der Waals surface area contributed by atoms with Crippen molar-refractivity contribution in [2.75, 3.05) is 0 Å². The van der Waals surface area contributed by atoms with Crippen molar-refractivity contribution < 1.29 is 17.6 Å². The molecule has 0 atom stereocenters. The molecule has 0 unspecified atom stereocenters. The molecule has 0 amide bonds. The van der Waals surface area contributed by atoms with Crippen LogP contribution in [-0.2, 0) is 6.18 Å². The topological polar surface area (TPSA) is 47.3 Å². The molecule has 2 aromatic carbocycles. The molecule has 0 saturated heterocycles. The summed E-state index contributed by atoms with van der Waals surface area (Å²) in [5.74, 6) is 0.0412. The zero-order valence-corrected chi connectivity index (χ0v) is 11.6. The van der Waals surface area contributed by atoms with E-state index in [9.17, 15) is 22.8 Å². The summed E-state index contributed by atoms with van der Waals surface area (Å²) in [7, 11) is 0. The lowest BCUT2D eigenvalue weighted by molar-refractivity contribution is -0.137. The van der Waals surface area contributed by atoms with Gasteiger partial charge >= 0.3 is 6.18 Å². The van der Waals surface area contributed by atoms with E-state index < -0.39 is 22.6 Å². The first kappa shape index (κ1) is 15.0. The molecular weight excluding hydrogens is 309 g/mol. The minimum atomic E-state index is -4.45. The minimum Gasteiger partial charge on any atom is -0.452 e. The first-order chi connectivity index (χ1) is 10.9. The Labute approximate surface area is 127 Å². The summed E-state index contributed by atoms with van der Waals surface area (Å²) >= 11 is 0. The summed E-state index contributed by atoms with van der Waals surface area (Å²) in [5.41, 5.74) is -1.56. The Morgan fingerprint density at radius 3 is 2.13 bits per heavy atom. The molecule has 116 valence electrons. The van der Waals surface area contributed by atoms with Gasteiger partial charge in [-0.2, -0.15) is 13.2 Å². The van der Waals surface area contributed by atoms with Gasteiger partial charge in [0.2, 0.25) is 5.43 Å². The fourth-order valence-corrected chi connectivity index (χ4v) is 2.18. The molecule has 0 aliphatic rings. The summed E-state index contributed by atoms with van der Waals surface area (Å²) in [6.45, 7) is 0. The number of alkyl halides is 3. The van der Waals surface area contributed by atoms with Gasteiger partial charge in [0.15, 0.2) is 11.0 Å². The van der Waals surface area contributed by atoms with E-state index in [2.05, 4.69) is 0 Å². The summed E-state index contributed by atoms with van der Waals surface area (Å²) in [6.07, 6.45) is -4.45. The lowest BCUT2D eigenvalue weighted by atomic mass is 10.1. The second kappa shape index (κ2) is 5.39. The van der Waals surface area contributed by atoms with Gasteiger partial charge in [0.25, 0.3) is 0 Å². The van der Waals surface area contributed by atoms with Crippen LogP contribution >= 0.6 is 0 Å². The summed E-state index contributed by atoms with van der Waals surface area (Å²) in [6, 6.07) is 11.1. The summed E-state index contributed by atoms with van der Waals surface area (Å²) in [4.78, 5) is 24.0. The van der Waals surface area contributed by atoms with Crippen molar-refractivity contribution in [3.05, 3.63) is 80.6 Å². The van der Waals surface area contributed by atoms with Gasteiger partial charge in [0, 0.05) is 11.6 Å². The van der Waals surface area contributed by atoms with Crippen LogP contribution in [0.5, 0.6) is 0 Å². The number of hydrogen-bond acceptors (Lipinski definition) is 3. The third kappa shape index (κ3) is 2.88. The van der Waals surface area contributed by atoms with E-state index in [1.807, 2.05) is 0 Å². The quantitative estimate of drug-likeness (QED) is 0.685. The lowest BCUT2D eigenvalue weighted by Gasteiger charge is -2.07. The first-order valence-electron chi connectivity index (χ1n) is 6.61. The maximum atomic E-state index is 12.6. The van der Waals surface area contributed by atoms with E-state index in [1.54, 1.807) is 6.07 Å². The standard InChI is InChI=1S/C17H9F3O3/c18-17(19,20)11-7-5-10(6-8-11)15-9-14(22)12-3-1-2-4-13(21)16(12)23-15/h1-9H. The Morgan fingerprint density at radius 1 is 0.826 bits per heavy atom. The maximum absolute atomic E-state index is 12.6. The molecule has 0 bridgehead atoms. The Hall–Kier alpha value is -2.89. The molecule has 0 aliphatic carbocycles. The van der Waals surface area contributed by atoms with E-state index >= 15 is 0 Å². The Bertz CT molecular complexity index is 987. The van der Waals surface area contributed by atoms with Crippen LogP contribution in [0.1, 0.15) is 5.56 Å². The molecule has 3 rings (SSSR count). The fourth-order valence-electron chi connectivity index (χ4n) is 2.18. The molecular formula is C17H9F3O3.